The highest BCUT2D eigenvalue weighted by atomic mass is 16.7. The van der Waals surface area contributed by atoms with Crippen molar-refractivity contribution in [2.75, 3.05) is 19.0 Å². The monoisotopic (exact) mass is 866 g/mol. The number of oxime groups is 1. The van der Waals surface area contributed by atoms with Crippen LogP contribution in [0.3, 0.4) is 0 Å². The molecule has 3 heterocycles. The number of phenolic OH excluding ortho intramolecular Hbond substituents is 3. The molecule has 2 aromatic rings. The first-order valence-electron chi connectivity index (χ1n) is 21.6. The van der Waals surface area contributed by atoms with Gasteiger partial charge in [-0.1, -0.05) is 90.1 Å². The molecule has 1 amide bonds. The third kappa shape index (κ3) is 10.9. The number of hydrogen-bond donors (Lipinski definition) is 6. The zero-order valence-electron chi connectivity index (χ0n) is 37.7. The summed E-state index contributed by atoms with van der Waals surface area (Å²) < 4.78 is 23.6. The highest BCUT2D eigenvalue weighted by Gasteiger charge is 2.50. The Morgan fingerprint density at radius 1 is 0.903 bits per heavy atom. The second-order valence-electron chi connectivity index (χ2n) is 16.8. The molecule has 0 saturated carbocycles. The molecule has 0 aromatic heterocycles. The van der Waals surface area contributed by atoms with E-state index in [4.69, 9.17) is 23.8 Å². The molecule has 3 aliphatic heterocycles. The summed E-state index contributed by atoms with van der Waals surface area (Å²) in [4.78, 5) is 46.0. The summed E-state index contributed by atoms with van der Waals surface area (Å²) in [6.07, 6.45) is 12.0. The number of amides is 1. The Labute approximate surface area is 364 Å². The van der Waals surface area contributed by atoms with Gasteiger partial charge in [0.1, 0.15) is 30.0 Å². The number of ether oxygens (including phenoxy) is 4. The summed E-state index contributed by atoms with van der Waals surface area (Å²) in [6, 6.07) is 0. The molecule has 5 bridgehead atoms. The van der Waals surface area contributed by atoms with Crippen LogP contribution in [0.4, 0.5) is 5.69 Å². The maximum Gasteiger partial charge on any atom is 0.312 e. The Bertz CT molecular complexity index is 2060. The average molecular weight is 867 g/mol. The lowest BCUT2D eigenvalue weighted by Gasteiger charge is -2.38. The van der Waals surface area contributed by atoms with E-state index in [1.54, 1.807) is 39.8 Å². The number of aliphatic hydroxyl groups is 2. The van der Waals surface area contributed by atoms with Crippen molar-refractivity contribution in [2.45, 2.75) is 137 Å². The molecule has 0 aliphatic carbocycles. The predicted molar refractivity (Wildman–Crippen MR) is 235 cm³/mol. The lowest BCUT2D eigenvalue weighted by molar-refractivity contribution is -0.160. The van der Waals surface area contributed by atoms with Gasteiger partial charge < -0.3 is 54.6 Å². The molecule has 2 aromatic carbocycles. The first-order chi connectivity index (χ1) is 29.3. The van der Waals surface area contributed by atoms with Crippen molar-refractivity contribution in [3.05, 3.63) is 52.8 Å². The van der Waals surface area contributed by atoms with Crippen molar-refractivity contribution >= 4 is 40.3 Å². The molecule has 0 spiro atoms. The molecule has 342 valence electrons. The number of nitrogens with one attached hydrogen (secondary N) is 1. The number of anilines is 1. The molecule has 15 heteroatoms. The van der Waals surface area contributed by atoms with Crippen LogP contribution in [-0.2, 0) is 28.6 Å². The molecular weight excluding hydrogens is 801 g/mol. The minimum atomic E-state index is -2.06. The summed E-state index contributed by atoms with van der Waals surface area (Å²) in [5, 5.41) is 64.4. The second kappa shape index (κ2) is 21.8. The molecule has 62 heavy (non-hydrogen) atoms. The van der Waals surface area contributed by atoms with Crippen molar-refractivity contribution < 1.29 is 63.7 Å². The number of allylic oxidation sites excluding steroid dienone is 2. The average Bonchev–Trinajstić information content (AvgIpc) is 3.50. The number of Topliss-reactive ketones (excluding diaryl/α,β-unsaturated/α-hetero) is 1. The maximum absolute atomic E-state index is 14.4. The third-order valence-corrected chi connectivity index (χ3v) is 12.1. The third-order valence-electron chi connectivity index (χ3n) is 12.1. The molecule has 3 aliphatic rings. The van der Waals surface area contributed by atoms with E-state index in [1.807, 2.05) is 0 Å². The molecule has 0 unspecified atom stereocenters. The van der Waals surface area contributed by atoms with Crippen LogP contribution in [0.5, 0.6) is 23.0 Å². The van der Waals surface area contributed by atoms with Gasteiger partial charge in [-0.3, -0.25) is 14.4 Å². The summed E-state index contributed by atoms with van der Waals surface area (Å²) in [5.74, 6) is -8.54. The Hall–Kier alpha value is -5.12. The highest BCUT2D eigenvalue weighted by Crippen LogP contribution is 2.55. The van der Waals surface area contributed by atoms with Crippen LogP contribution in [0, 0.1) is 30.6 Å². The first-order valence-corrected chi connectivity index (χ1v) is 21.6. The van der Waals surface area contributed by atoms with E-state index in [0.717, 1.165) is 38.3 Å². The van der Waals surface area contributed by atoms with Gasteiger partial charge in [0.2, 0.25) is 0 Å². The van der Waals surface area contributed by atoms with E-state index >= 15 is 0 Å². The zero-order valence-corrected chi connectivity index (χ0v) is 37.7. The summed E-state index contributed by atoms with van der Waals surface area (Å²) >= 11 is 0. The number of aromatic hydroxyl groups is 3. The van der Waals surface area contributed by atoms with Gasteiger partial charge in [0.15, 0.2) is 5.75 Å². The first kappa shape index (κ1) is 49.5. The van der Waals surface area contributed by atoms with Crippen LogP contribution < -0.4 is 10.1 Å². The number of carbonyl (C=O) groups excluding carboxylic acids is 3. The number of fused-ring (bicyclic) bond motifs is 14. The number of phenols is 3. The van der Waals surface area contributed by atoms with Crippen LogP contribution in [-0.4, -0.2) is 93.3 Å². The predicted octanol–water partition coefficient (Wildman–Crippen LogP) is 7.86. The molecular formula is C47H66N2O13. The topological polar surface area (TPSA) is 223 Å². The molecule has 0 fully saturated rings. The summed E-state index contributed by atoms with van der Waals surface area (Å²) in [6.45, 7) is 14.9. The van der Waals surface area contributed by atoms with Crippen molar-refractivity contribution in [1.82, 2.24) is 0 Å². The number of aliphatic hydroxyl groups excluding tert-OH is 2. The summed E-state index contributed by atoms with van der Waals surface area (Å²) in [5.41, 5.74) is -0.538. The van der Waals surface area contributed by atoms with E-state index in [-0.39, 0.29) is 51.1 Å². The summed E-state index contributed by atoms with van der Waals surface area (Å²) in [7, 11) is 1.43. The fourth-order valence-corrected chi connectivity index (χ4v) is 8.14. The minimum absolute atomic E-state index is 0.0426. The number of ketones is 1. The van der Waals surface area contributed by atoms with E-state index < -0.39 is 88.8 Å². The standard InChI is InChI=1S/C47H66N2O13/c1-11-12-13-14-15-16-17-22-60-48-24-32-37-42(55)35-34(41(32)54)36-44(30(7)40(35)53)62-47(9,45(36)56)59-23-21-33(58-10)27(4)43(61-31(8)50)29(6)39(52)28(5)38(51)25(2)19-18-20-26(3)46(57)49-37/h18-21,23-25,27-29,33,38-39,43,51-55H,11-17,22H2,1-10H3,(H,49,57)/b19-18-,23-21-,26-20-,48-24+/t25-,27+,28+,29+,33-,38-,39+,43+,47-/m0/s1. The lowest BCUT2D eigenvalue weighted by atomic mass is 9.78. The molecule has 6 N–H and O–H groups in total. The quantitative estimate of drug-likeness (QED) is 0.0299. The Balaban J connectivity index is 1.87. The van der Waals surface area contributed by atoms with Gasteiger partial charge in [-0.05, 0) is 32.8 Å². The zero-order chi connectivity index (χ0) is 46.1. The number of carbonyl (C=O) groups is 3. The molecule has 9 atom stereocenters. The van der Waals surface area contributed by atoms with Crippen molar-refractivity contribution in [3.63, 3.8) is 0 Å². The second-order valence-corrected chi connectivity index (χ2v) is 16.8. The smallest absolute Gasteiger partial charge is 0.312 e. The molecule has 0 radical (unpaired) electrons. The van der Waals surface area contributed by atoms with Crippen LogP contribution in [0.2, 0.25) is 0 Å². The number of methoxy groups -OCH3 is 1. The van der Waals surface area contributed by atoms with E-state index in [0.29, 0.717) is 0 Å². The number of hydrogen-bond acceptors (Lipinski definition) is 14. The number of nitrogens with zero attached hydrogens (tertiary/aromatic N) is 1. The van der Waals surface area contributed by atoms with Crippen molar-refractivity contribution in [2.24, 2.45) is 28.8 Å². The van der Waals surface area contributed by atoms with Crippen molar-refractivity contribution in [3.8, 4) is 23.0 Å². The minimum Gasteiger partial charge on any atom is -0.507 e. The van der Waals surface area contributed by atoms with Gasteiger partial charge in [-0.2, -0.15) is 0 Å². The fraction of sp³-hybridized carbons (Fsp3) is 0.574. The largest absolute Gasteiger partial charge is 0.507 e. The Morgan fingerprint density at radius 2 is 1.56 bits per heavy atom. The van der Waals surface area contributed by atoms with Gasteiger partial charge >= 0.3 is 11.8 Å². The Kier molecular flexibility index (Phi) is 17.4. The number of unbranched alkanes of at least 4 members (excludes halogenated alkanes) is 6. The van der Waals surface area contributed by atoms with E-state index in [2.05, 4.69) is 17.4 Å². The molecule has 5 rings (SSSR count). The van der Waals surface area contributed by atoms with Crippen LogP contribution in [0.1, 0.15) is 122 Å². The van der Waals surface area contributed by atoms with Gasteiger partial charge in [0.05, 0.1) is 53.0 Å². The number of esters is 1. The number of benzene rings is 2. The van der Waals surface area contributed by atoms with Crippen LogP contribution in [0.25, 0.3) is 10.8 Å². The SMILES string of the molecule is CCCCCCCCCO/N=C/c1c2c(O)c3c(O)c(C)c4c(c3c1O)C(=O)[C@@](C)(O/C=C\[C@H](OC)[C@@H](C)[C@@H](OC(C)=O)[C@H](C)[C@H](O)[C@H](C)[C@@H](O)[C@@H](C)/C=C\C=C(\C)C(=O)N2)O4. The van der Waals surface area contributed by atoms with E-state index in [9.17, 15) is 39.9 Å². The van der Waals surface area contributed by atoms with Gasteiger partial charge in [-0.25, -0.2) is 0 Å². The van der Waals surface area contributed by atoms with Gasteiger partial charge in [-0.15, -0.1) is 0 Å². The van der Waals surface area contributed by atoms with E-state index in [1.165, 1.54) is 66.1 Å². The Morgan fingerprint density at radius 3 is 2.21 bits per heavy atom. The highest BCUT2D eigenvalue weighted by molar-refractivity contribution is 6.23. The lowest BCUT2D eigenvalue weighted by Crippen LogP contribution is -2.46. The van der Waals surface area contributed by atoms with Gasteiger partial charge in [0, 0.05) is 61.2 Å². The van der Waals surface area contributed by atoms with Gasteiger partial charge in [0.25, 0.3) is 11.7 Å². The van der Waals surface area contributed by atoms with Crippen LogP contribution in [0.15, 0.2) is 41.3 Å². The molecule has 15 nitrogen and oxygen atoms in total. The van der Waals surface area contributed by atoms with Crippen molar-refractivity contribution in [1.29, 1.82) is 0 Å². The van der Waals surface area contributed by atoms with Crippen LogP contribution >= 0.6 is 0 Å². The normalized spacial score (nSPS) is 29.2. The number of rotatable bonds is 12. The molecule has 0 saturated heterocycles. The maximum atomic E-state index is 14.4. The fourth-order valence-electron chi connectivity index (χ4n) is 8.14.